The Morgan fingerprint density at radius 3 is 2.50 bits per heavy atom. The molecule has 0 aliphatic carbocycles. The Labute approximate surface area is 144 Å². The average Bonchev–Trinajstić information content (AvgIpc) is 2.94. The quantitative estimate of drug-likeness (QED) is 0.715. The molecule has 0 aliphatic heterocycles. The molecule has 124 valence electrons. The lowest BCUT2D eigenvalue weighted by Gasteiger charge is -2.13. The van der Waals surface area contributed by atoms with E-state index >= 15 is 0 Å². The summed E-state index contributed by atoms with van der Waals surface area (Å²) in [4.78, 5) is 0. The number of hydrogen-bond donors (Lipinski definition) is 1. The molecule has 6 heteroatoms. The van der Waals surface area contributed by atoms with Crippen molar-refractivity contribution in [1.29, 1.82) is 0 Å². The molecule has 3 rings (SSSR count). The predicted octanol–water partition coefficient (Wildman–Crippen LogP) is 3.85. The molecule has 1 N–H and O–H groups in total. The van der Waals surface area contributed by atoms with E-state index in [1.54, 1.807) is 12.1 Å². The number of aliphatic hydroxyl groups is 1. The van der Waals surface area contributed by atoms with Crippen LogP contribution in [0, 0.1) is 19.7 Å². The Balaban J connectivity index is 1.79. The van der Waals surface area contributed by atoms with Crippen LogP contribution < -0.4 is 0 Å². The van der Waals surface area contributed by atoms with Gasteiger partial charge in [0.15, 0.2) is 5.16 Å². The fraction of sp³-hybridized carbons (Fsp3) is 0.222. The number of benzene rings is 2. The number of thioether (sulfide) groups is 1. The van der Waals surface area contributed by atoms with E-state index in [-0.39, 0.29) is 5.82 Å². The van der Waals surface area contributed by atoms with Crippen LogP contribution in [-0.2, 0) is 0 Å². The Morgan fingerprint density at radius 1 is 1.08 bits per heavy atom. The Kier molecular flexibility index (Phi) is 4.97. The minimum atomic E-state index is -0.696. The van der Waals surface area contributed by atoms with Crippen LogP contribution in [0.1, 0.15) is 23.1 Å². The summed E-state index contributed by atoms with van der Waals surface area (Å²) in [5.41, 5.74) is 2.84. The monoisotopic (exact) mass is 343 g/mol. The van der Waals surface area contributed by atoms with Gasteiger partial charge < -0.3 is 5.11 Å². The first kappa shape index (κ1) is 16.7. The highest BCUT2D eigenvalue weighted by molar-refractivity contribution is 7.99. The molecule has 1 atom stereocenters. The van der Waals surface area contributed by atoms with E-state index in [2.05, 4.69) is 10.2 Å². The third-order valence-electron chi connectivity index (χ3n) is 3.78. The third kappa shape index (κ3) is 3.49. The van der Waals surface area contributed by atoms with Gasteiger partial charge >= 0.3 is 0 Å². The summed E-state index contributed by atoms with van der Waals surface area (Å²) in [5.74, 6) is 0.895. The number of rotatable bonds is 5. The van der Waals surface area contributed by atoms with Crippen molar-refractivity contribution in [2.45, 2.75) is 25.1 Å². The lowest BCUT2D eigenvalue weighted by molar-refractivity contribution is 0.204. The molecule has 0 fully saturated rings. The summed E-state index contributed by atoms with van der Waals surface area (Å²) in [6, 6.07) is 13.9. The number of aryl methyl sites for hydroxylation is 2. The molecule has 0 saturated carbocycles. The van der Waals surface area contributed by atoms with E-state index in [9.17, 15) is 9.50 Å². The van der Waals surface area contributed by atoms with Crippen molar-refractivity contribution in [3.63, 3.8) is 0 Å². The van der Waals surface area contributed by atoms with Gasteiger partial charge in [0.25, 0.3) is 0 Å². The summed E-state index contributed by atoms with van der Waals surface area (Å²) in [6.45, 7) is 3.94. The molecular weight excluding hydrogens is 325 g/mol. The van der Waals surface area contributed by atoms with Crippen molar-refractivity contribution in [1.82, 2.24) is 14.8 Å². The number of nitrogens with zero attached hydrogens (tertiary/aromatic N) is 3. The second-order valence-corrected chi connectivity index (χ2v) is 6.52. The smallest absolute Gasteiger partial charge is 0.195 e. The van der Waals surface area contributed by atoms with Gasteiger partial charge in [-0.3, -0.25) is 4.57 Å². The molecule has 0 radical (unpaired) electrons. The van der Waals surface area contributed by atoms with E-state index in [1.165, 1.54) is 23.9 Å². The van der Waals surface area contributed by atoms with Crippen LogP contribution in [-0.4, -0.2) is 25.6 Å². The fourth-order valence-electron chi connectivity index (χ4n) is 2.46. The average molecular weight is 343 g/mol. The van der Waals surface area contributed by atoms with Gasteiger partial charge in [0.05, 0.1) is 11.8 Å². The first-order valence-electron chi connectivity index (χ1n) is 7.60. The molecule has 24 heavy (non-hydrogen) atoms. The van der Waals surface area contributed by atoms with Crippen molar-refractivity contribution in [3.05, 3.63) is 71.3 Å². The van der Waals surface area contributed by atoms with Crippen LogP contribution in [0.15, 0.2) is 53.7 Å². The van der Waals surface area contributed by atoms with Crippen molar-refractivity contribution >= 4 is 11.8 Å². The van der Waals surface area contributed by atoms with Crippen LogP contribution in [0.25, 0.3) is 5.69 Å². The Hall–Kier alpha value is -2.18. The van der Waals surface area contributed by atoms with Crippen molar-refractivity contribution in [3.8, 4) is 5.69 Å². The van der Waals surface area contributed by atoms with Gasteiger partial charge in [0.1, 0.15) is 11.6 Å². The maximum atomic E-state index is 13.0. The van der Waals surface area contributed by atoms with Crippen LogP contribution in [0.3, 0.4) is 0 Å². The van der Waals surface area contributed by atoms with Gasteiger partial charge in [0, 0.05) is 5.75 Å². The van der Waals surface area contributed by atoms with Crippen molar-refractivity contribution in [2.75, 3.05) is 5.75 Å². The van der Waals surface area contributed by atoms with Gasteiger partial charge in [-0.15, -0.1) is 10.2 Å². The second-order valence-electron chi connectivity index (χ2n) is 5.53. The van der Waals surface area contributed by atoms with E-state index in [1.807, 2.05) is 42.7 Å². The summed E-state index contributed by atoms with van der Waals surface area (Å²) in [7, 11) is 0. The summed E-state index contributed by atoms with van der Waals surface area (Å²) >= 11 is 1.42. The molecular formula is C18H18FN3OS. The number of para-hydroxylation sites is 1. The highest BCUT2D eigenvalue weighted by Crippen LogP contribution is 2.27. The van der Waals surface area contributed by atoms with E-state index in [0.717, 1.165) is 22.2 Å². The number of aromatic nitrogens is 3. The highest BCUT2D eigenvalue weighted by Gasteiger charge is 2.15. The molecule has 4 nitrogen and oxygen atoms in total. The zero-order chi connectivity index (χ0) is 17.1. The standard InChI is InChI=1S/C18H18FN3OS/c1-12-5-3-4-6-16(12)22-13(2)20-21-18(22)24-11-17(23)14-7-9-15(19)10-8-14/h3-10,17,23H,11H2,1-2H3. The molecule has 0 saturated heterocycles. The molecule has 2 aromatic carbocycles. The zero-order valence-electron chi connectivity index (χ0n) is 13.5. The second kappa shape index (κ2) is 7.15. The van der Waals surface area contributed by atoms with Crippen LogP contribution in [0.4, 0.5) is 4.39 Å². The number of aliphatic hydroxyl groups excluding tert-OH is 1. The van der Waals surface area contributed by atoms with E-state index in [4.69, 9.17) is 0 Å². The first-order valence-corrected chi connectivity index (χ1v) is 8.59. The summed E-state index contributed by atoms with van der Waals surface area (Å²) in [5, 5.41) is 19.4. The van der Waals surface area contributed by atoms with Gasteiger partial charge in [-0.2, -0.15) is 0 Å². The predicted molar refractivity (Wildman–Crippen MR) is 92.9 cm³/mol. The van der Waals surface area contributed by atoms with Gasteiger partial charge in [0.2, 0.25) is 0 Å². The van der Waals surface area contributed by atoms with Crippen LogP contribution in [0.2, 0.25) is 0 Å². The minimum Gasteiger partial charge on any atom is -0.388 e. The SMILES string of the molecule is Cc1ccccc1-n1c(C)nnc1SCC(O)c1ccc(F)cc1. The molecule has 0 spiro atoms. The Morgan fingerprint density at radius 2 is 1.79 bits per heavy atom. The Bertz CT molecular complexity index is 833. The van der Waals surface area contributed by atoms with Gasteiger partial charge in [-0.1, -0.05) is 42.1 Å². The largest absolute Gasteiger partial charge is 0.388 e. The highest BCUT2D eigenvalue weighted by atomic mass is 32.2. The fourth-order valence-corrected chi connectivity index (χ4v) is 3.42. The molecule has 3 aromatic rings. The molecule has 0 amide bonds. The molecule has 1 aromatic heterocycles. The summed E-state index contributed by atoms with van der Waals surface area (Å²) in [6.07, 6.45) is -0.696. The number of halogens is 1. The lowest BCUT2D eigenvalue weighted by atomic mass is 10.1. The summed E-state index contributed by atoms with van der Waals surface area (Å²) < 4.78 is 15.0. The lowest BCUT2D eigenvalue weighted by Crippen LogP contribution is -2.04. The van der Waals surface area contributed by atoms with Crippen LogP contribution >= 0.6 is 11.8 Å². The maximum Gasteiger partial charge on any atom is 0.195 e. The van der Waals surface area contributed by atoms with Gasteiger partial charge in [-0.05, 0) is 43.2 Å². The topological polar surface area (TPSA) is 50.9 Å². The minimum absolute atomic E-state index is 0.312. The number of hydrogen-bond acceptors (Lipinski definition) is 4. The van der Waals surface area contributed by atoms with Gasteiger partial charge in [-0.25, -0.2) is 4.39 Å². The third-order valence-corrected chi connectivity index (χ3v) is 4.78. The maximum absolute atomic E-state index is 13.0. The van der Waals surface area contributed by atoms with E-state index < -0.39 is 6.10 Å². The zero-order valence-corrected chi connectivity index (χ0v) is 14.3. The normalized spacial score (nSPS) is 12.3. The van der Waals surface area contributed by atoms with Crippen molar-refractivity contribution in [2.24, 2.45) is 0 Å². The molecule has 1 unspecified atom stereocenters. The first-order chi connectivity index (χ1) is 11.6. The van der Waals surface area contributed by atoms with Crippen LogP contribution in [0.5, 0.6) is 0 Å². The molecule has 1 heterocycles. The van der Waals surface area contributed by atoms with Crippen molar-refractivity contribution < 1.29 is 9.50 Å². The molecule has 0 aliphatic rings. The molecule has 0 bridgehead atoms. The van der Waals surface area contributed by atoms with E-state index in [0.29, 0.717) is 11.3 Å².